The molecule has 1 aliphatic rings. The van der Waals surface area contributed by atoms with Gasteiger partial charge in [0.2, 0.25) is 0 Å². The highest BCUT2D eigenvalue weighted by molar-refractivity contribution is 5.74. The summed E-state index contributed by atoms with van der Waals surface area (Å²) in [5, 5.41) is 20.9. The summed E-state index contributed by atoms with van der Waals surface area (Å²) in [5.74, 6) is -0.706. The van der Waals surface area contributed by atoms with E-state index in [9.17, 15) is 4.79 Å². The number of aliphatic hydroxyl groups is 1. The van der Waals surface area contributed by atoms with Crippen molar-refractivity contribution in [1.82, 2.24) is 5.32 Å². The number of hydrogen-bond acceptors (Lipinski definition) is 3. The summed E-state index contributed by atoms with van der Waals surface area (Å²) >= 11 is 0. The lowest BCUT2D eigenvalue weighted by Gasteiger charge is -2.33. The number of rotatable bonds is 4. The lowest BCUT2D eigenvalue weighted by molar-refractivity contribution is -0.151. The molecule has 0 bridgehead atoms. The predicted octanol–water partition coefficient (Wildman–Crippen LogP) is 0.213. The van der Waals surface area contributed by atoms with Crippen LogP contribution in [0.5, 0.6) is 0 Å². The summed E-state index contributed by atoms with van der Waals surface area (Å²) in [7, 11) is 0. The average Bonchev–Trinajstić information content (AvgIpc) is 2.16. The molecule has 4 nitrogen and oxygen atoms in total. The van der Waals surface area contributed by atoms with E-state index in [0.29, 0.717) is 25.7 Å². The van der Waals surface area contributed by atoms with Crippen molar-refractivity contribution in [3.05, 3.63) is 0 Å². The Bertz CT molecular complexity index is 176. The smallest absolute Gasteiger partial charge is 0.309 e. The van der Waals surface area contributed by atoms with E-state index in [1.165, 1.54) is 0 Å². The molecular formula is C9H17NO3. The zero-order chi connectivity index (χ0) is 9.73. The number of carboxylic acids is 1. The van der Waals surface area contributed by atoms with Crippen LogP contribution in [0.4, 0.5) is 0 Å². The number of aliphatic hydroxyl groups excluding tert-OH is 1. The molecule has 3 N–H and O–H groups in total. The Balaban J connectivity index is 2.56. The number of hydrogen-bond donors (Lipinski definition) is 3. The van der Waals surface area contributed by atoms with Crippen molar-refractivity contribution in [2.24, 2.45) is 5.41 Å². The fourth-order valence-electron chi connectivity index (χ4n) is 1.89. The van der Waals surface area contributed by atoms with Gasteiger partial charge in [-0.25, -0.2) is 0 Å². The van der Waals surface area contributed by atoms with Crippen molar-refractivity contribution in [1.29, 1.82) is 0 Å². The molecule has 0 aromatic carbocycles. The molecule has 1 fully saturated rings. The number of piperidine rings is 1. The molecule has 1 aliphatic heterocycles. The van der Waals surface area contributed by atoms with Crippen molar-refractivity contribution in [3.63, 3.8) is 0 Å². The summed E-state index contributed by atoms with van der Waals surface area (Å²) in [4.78, 5) is 11.1. The first-order valence-electron chi connectivity index (χ1n) is 4.76. The maximum atomic E-state index is 11.1. The minimum Gasteiger partial charge on any atom is -0.481 e. The summed E-state index contributed by atoms with van der Waals surface area (Å²) in [5.41, 5.74) is -0.575. The Hall–Kier alpha value is -0.610. The van der Waals surface area contributed by atoms with Gasteiger partial charge in [0.15, 0.2) is 0 Å². The van der Waals surface area contributed by atoms with Gasteiger partial charge in [0.1, 0.15) is 0 Å². The van der Waals surface area contributed by atoms with Gasteiger partial charge in [-0.1, -0.05) is 0 Å². The van der Waals surface area contributed by atoms with Crippen LogP contribution in [0.1, 0.15) is 25.7 Å². The summed E-state index contributed by atoms with van der Waals surface area (Å²) < 4.78 is 0. The quantitative estimate of drug-likeness (QED) is 0.588. The number of nitrogens with one attached hydrogen (secondary N) is 1. The third-order valence-corrected chi connectivity index (χ3v) is 2.83. The van der Waals surface area contributed by atoms with Crippen molar-refractivity contribution in [2.45, 2.75) is 25.7 Å². The second kappa shape index (κ2) is 4.58. The van der Waals surface area contributed by atoms with Gasteiger partial charge in [-0.05, 0) is 38.8 Å². The molecule has 0 radical (unpaired) electrons. The van der Waals surface area contributed by atoms with E-state index in [-0.39, 0.29) is 6.61 Å². The van der Waals surface area contributed by atoms with E-state index < -0.39 is 11.4 Å². The third-order valence-electron chi connectivity index (χ3n) is 2.83. The molecule has 0 atom stereocenters. The Labute approximate surface area is 78.0 Å². The Morgan fingerprint density at radius 1 is 1.38 bits per heavy atom. The zero-order valence-corrected chi connectivity index (χ0v) is 7.75. The number of aliphatic carboxylic acids is 1. The number of carbonyl (C=O) groups is 1. The van der Waals surface area contributed by atoms with Gasteiger partial charge in [0, 0.05) is 6.61 Å². The molecule has 0 unspecified atom stereocenters. The van der Waals surface area contributed by atoms with E-state index in [1.807, 2.05) is 0 Å². The molecular weight excluding hydrogens is 170 g/mol. The third kappa shape index (κ3) is 2.42. The average molecular weight is 187 g/mol. The summed E-state index contributed by atoms with van der Waals surface area (Å²) in [6, 6.07) is 0. The van der Waals surface area contributed by atoms with Crippen LogP contribution >= 0.6 is 0 Å². The van der Waals surface area contributed by atoms with E-state index in [4.69, 9.17) is 10.2 Å². The molecule has 1 rings (SSSR count). The Morgan fingerprint density at radius 3 is 2.46 bits per heavy atom. The molecule has 1 heterocycles. The standard InChI is InChI=1S/C9H17NO3/c11-7-1-2-9(8(12)13)3-5-10-6-4-9/h10-11H,1-7H2,(H,12,13). The van der Waals surface area contributed by atoms with Crippen LogP contribution in [0, 0.1) is 5.41 Å². The Morgan fingerprint density at radius 2 is 2.00 bits per heavy atom. The zero-order valence-electron chi connectivity index (χ0n) is 7.75. The maximum absolute atomic E-state index is 11.1. The molecule has 76 valence electrons. The van der Waals surface area contributed by atoms with Gasteiger partial charge in [0.05, 0.1) is 5.41 Å². The molecule has 0 saturated carbocycles. The van der Waals surface area contributed by atoms with Crippen LogP contribution in [0.25, 0.3) is 0 Å². The lowest BCUT2D eigenvalue weighted by Crippen LogP contribution is -2.42. The minimum atomic E-state index is -0.706. The molecule has 0 aromatic heterocycles. The molecule has 0 aromatic rings. The van der Waals surface area contributed by atoms with Crippen LogP contribution in [-0.2, 0) is 4.79 Å². The van der Waals surface area contributed by atoms with E-state index in [1.54, 1.807) is 0 Å². The summed E-state index contributed by atoms with van der Waals surface area (Å²) in [6.07, 6.45) is 2.55. The van der Waals surface area contributed by atoms with Crippen LogP contribution in [0.3, 0.4) is 0 Å². The van der Waals surface area contributed by atoms with Gasteiger partial charge in [-0.2, -0.15) is 0 Å². The van der Waals surface area contributed by atoms with Crippen molar-refractivity contribution in [2.75, 3.05) is 19.7 Å². The fraction of sp³-hybridized carbons (Fsp3) is 0.889. The monoisotopic (exact) mass is 187 g/mol. The molecule has 0 aliphatic carbocycles. The molecule has 4 heteroatoms. The molecule has 0 amide bonds. The molecule has 13 heavy (non-hydrogen) atoms. The van der Waals surface area contributed by atoms with Gasteiger partial charge in [-0.15, -0.1) is 0 Å². The van der Waals surface area contributed by atoms with Crippen molar-refractivity contribution >= 4 is 5.97 Å². The van der Waals surface area contributed by atoms with Crippen molar-refractivity contribution < 1.29 is 15.0 Å². The van der Waals surface area contributed by atoms with Crippen molar-refractivity contribution in [3.8, 4) is 0 Å². The second-order valence-corrected chi connectivity index (χ2v) is 3.66. The SMILES string of the molecule is O=C(O)C1(CCCO)CCNCC1. The second-order valence-electron chi connectivity index (χ2n) is 3.66. The van der Waals surface area contributed by atoms with E-state index in [2.05, 4.69) is 5.32 Å². The molecule has 1 saturated heterocycles. The fourth-order valence-corrected chi connectivity index (χ4v) is 1.89. The first kappa shape index (κ1) is 10.5. The van der Waals surface area contributed by atoms with E-state index >= 15 is 0 Å². The van der Waals surface area contributed by atoms with Gasteiger partial charge < -0.3 is 15.5 Å². The maximum Gasteiger partial charge on any atom is 0.309 e. The molecule has 0 spiro atoms. The van der Waals surface area contributed by atoms with Crippen LogP contribution in [0.2, 0.25) is 0 Å². The topological polar surface area (TPSA) is 69.6 Å². The minimum absolute atomic E-state index is 0.0858. The van der Waals surface area contributed by atoms with Gasteiger partial charge >= 0.3 is 5.97 Å². The van der Waals surface area contributed by atoms with Crippen LogP contribution in [0.15, 0.2) is 0 Å². The Kier molecular flexibility index (Phi) is 3.69. The highest BCUT2D eigenvalue weighted by atomic mass is 16.4. The largest absolute Gasteiger partial charge is 0.481 e. The highest BCUT2D eigenvalue weighted by Gasteiger charge is 2.38. The van der Waals surface area contributed by atoms with Gasteiger partial charge in [0.25, 0.3) is 0 Å². The first-order valence-corrected chi connectivity index (χ1v) is 4.76. The highest BCUT2D eigenvalue weighted by Crippen LogP contribution is 2.33. The van der Waals surface area contributed by atoms with Crippen LogP contribution in [-0.4, -0.2) is 35.9 Å². The van der Waals surface area contributed by atoms with Crippen LogP contribution < -0.4 is 5.32 Å². The predicted molar refractivity (Wildman–Crippen MR) is 48.5 cm³/mol. The normalized spacial score (nSPS) is 21.3. The number of carboxylic acid groups (broad SMARTS) is 1. The summed E-state index contributed by atoms with van der Waals surface area (Å²) in [6.45, 7) is 1.64. The van der Waals surface area contributed by atoms with E-state index in [0.717, 1.165) is 13.1 Å². The van der Waals surface area contributed by atoms with Gasteiger partial charge in [-0.3, -0.25) is 4.79 Å². The first-order chi connectivity index (χ1) is 6.21. The lowest BCUT2D eigenvalue weighted by atomic mass is 9.75.